The highest BCUT2D eigenvalue weighted by molar-refractivity contribution is 7.09. The van der Waals surface area contributed by atoms with Crippen LogP contribution in [0.4, 0.5) is 5.69 Å². The number of nitrogens with zero attached hydrogens (tertiary/aromatic N) is 2. The van der Waals surface area contributed by atoms with Crippen LogP contribution in [0, 0.1) is 5.92 Å². The zero-order valence-corrected chi connectivity index (χ0v) is 18.7. The van der Waals surface area contributed by atoms with Gasteiger partial charge in [0, 0.05) is 37.7 Å². The Balaban J connectivity index is 1.76. The standard InChI is InChI=1S/C23H32N2O3S/c1-17-16-24(13-11-19-8-7-15-29-19)14-12-20(17)25(23(26)18(2)27-3)21-9-5-6-10-22(21)28-4/h5-10,15,17-18,20H,11-14,16H2,1-4H3. The Labute approximate surface area is 178 Å². The summed E-state index contributed by atoms with van der Waals surface area (Å²) in [5.74, 6) is 1.06. The van der Waals surface area contributed by atoms with E-state index in [4.69, 9.17) is 9.47 Å². The van der Waals surface area contributed by atoms with E-state index in [2.05, 4.69) is 29.3 Å². The second-order valence-electron chi connectivity index (χ2n) is 7.72. The molecule has 3 atom stereocenters. The first-order valence-electron chi connectivity index (χ1n) is 10.3. The number of piperidine rings is 1. The van der Waals surface area contributed by atoms with Gasteiger partial charge in [-0.3, -0.25) is 4.79 Å². The first-order valence-corrected chi connectivity index (χ1v) is 11.2. The van der Waals surface area contributed by atoms with E-state index in [9.17, 15) is 4.79 Å². The van der Waals surface area contributed by atoms with Crippen LogP contribution in [0.5, 0.6) is 5.75 Å². The van der Waals surface area contributed by atoms with Crippen LogP contribution in [0.2, 0.25) is 0 Å². The van der Waals surface area contributed by atoms with Gasteiger partial charge in [0.05, 0.1) is 12.8 Å². The van der Waals surface area contributed by atoms with Crippen molar-refractivity contribution in [3.8, 4) is 5.75 Å². The molecule has 1 saturated heterocycles. The van der Waals surface area contributed by atoms with Gasteiger partial charge >= 0.3 is 0 Å². The van der Waals surface area contributed by atoms with Crippen molar-refractivity contribution < 1.29 is 14.3 Å². The lowest BCUT2D eigenvalue weighted by molar-refractivity contribution is -0.128. The average molecular weight is 417 g/mol. The quantitative estimate of drug-likeness (QED) is 0.650. The molecule has 0 bridgehead atoms. The number of ether oxygens (including phenoxy) is 2. The zero-order chi connectivity index (χ0) is 20.8. The molecule has 1 aromatic heterocycles. The summed E-state index contributed by atoms with van der Waals surface area (Å²) in [5, 5.41) is 2.14. The third-order valence-electron chi connectivity index (χ3n) is 5.81. The Bertz CT molecular complexity index is 780. The van der Waals surface area contributed by atoms with Crippen LogP contribution in [0.15, 0.2) is 41.8 Å². The number of methoxy groups -OCH3 is 2. The maximum absolute atomic E-state index is 13.3. The number of hydrogen-bond acceptors (Lipinski definition) is 5. The number of rotatable bonds is 8. The van der Waals surface area contributed by atoms with E-state index >= 15 is 0 Å². The van der Waals surface area contributed by atoms with Gasteiger partial charge in [0.15, 0.2) is 0 Å². The molecule has 0 radical (unpaired) electrons. The fourth-order valence-electron chi connectivity index (χ4n) is 4.12. The van der Waals surface area contributed by atoms with Crippen LogP contribution in [0.1, 0.15) is 25.1 Å². The number of anilines is 1. The minimum atomic E-state index is -0.496. The van der Waals surface area contributed by atoms with E-state index in [-0.39, 0.29) is 11.9 Å². The predicted octanol–water partition coefficient (Wildman–Crippen LogP) is 4.08. The van der Waals surface area contributed by atoms with Crippen LogP contribution in [-0.2, 0) is 16.0 Å². The molecule has 1 aromatic carbocycles. The largest absolute Gasteiger partial charge is 0.495 e. The van der Waals surface area contributed by atoms with Gasteiger partial charge in [-0.1, -0.05) is 25.1 Å². The van der Waals surface area contributed by atoms with E-state index in [1.165, 1.54) is 4.88 Å². The van der Waals surface area contributed by atoms with Crippen molar-refractivity contribution in [2.75, 3.05) is 38.8 Å². The fraction of sp³-hybridized carbons (Fsp3) is 0.522. The van der Waals surface area contributed by atoms with Gasteiger partial charge in [-0.25, -0.2) is 0 Å². The van der Waals surface area contributed by atoms with E-state index < -0.39 is 6.10 Å². The van der Waals surface area contributed by atoms with Crippen molar-refractivity contribution in [2.45, 2.75) is 38.8 Å². The van der Waals surface area contributed by atoms with E-state index in [0.29, 0.717) is 5.92 Å². The molecule has 6 heteroatoms. The van der Waals surface area contributed by atoms with Crippen molar-refractivity contribution in [3.63, 3.8) is 0 Å². The van der Waals surface area contributed by atoms with Crippen LogP contribution in [0.3, 0.4) is 0 Å². The third-order valence-corrected chi connectivity index (χ3v) is 6.75. The summed E-state index contributed by atoms with van der Waals surface area (Å²) in [6, 6.07) is 12.2. The fourth-order valence-corrected chi connectivity index (χ4v) is 4.81. The van der Waals surface area contributed by atoms with Crippen molar-refractivity contribution >= 4 is 22.9 Å². The van der Waals surface area contributed by atoms with Gasteiger partial charge in [-0.15, -0.1) is 11.3 Å². The molecule has 5 nitrogen and oxygen atoms in total. The number of benzene rings is 1. The Hall–Kier alpha value is -1.89. The highest BCUT2D eigenvalue weighted by atomic mass is 32.1. The number of amides is 1. The summed E-state index contributed by atoms with van der Waals surface area (Å²) in [4.78, 5) is 19.2. The zero-order valence-electron chi connectivity index (χ0n) is 17.8. The lowest BCUT2D eigenvalue weighted by Crippen LogP contribution is -2.54. The molecule has 158 valence electrons. The molecule has 1 amide bonds. The minimum absolute atomic E-state index is 0.0131. The Morgan fingerprint density at radius 1 is 1.28 bits per heavy atom. The van der Waals surface area contributed by atoms with E-state index in [0.717, 1.165) is 43.9 Å². The topological polar surface area (TPSA) is 42.0 Å². The molecule has 0 aliphatic carbocycles. The van der Waals surface area contributed by atoms with Gasteiger partial charge in [0.2, 0.25) is 0 Å². The molecular weight excluding hydrogens is 384 g/mol. The van der Waals surface area contributed by atoms with Gasteiger partial charge in [0.25, 0.3) is 5.91 Å². The molecule has 29 heavy (non-hydrogen) atoms. The number of thiophene rings is 1. The third kappa shape index (κ3) is 5.18. The number of likely N-dealkylation sites (tertiary alicyclic amines) is 1. The Kier molecular flexibility index (Phi) is 7.70. The van der Waals surface area contributed by atoms with Gasteiger partial charge in [-0.05, 0) is 49.3 Å². The van der Waals surface area contributed by atoms with Crippen molar-refractivity contribution in [3.05, 3.63) is 46.7 Å². The maximum Gasteiger partial charge on any atom is 0.256 e. The van der Waals surface area contributed by atoms with Crippen LogP contribution < -0.4 is 9.64 Å². The van der Waals surface area contributed by atoms with Crippen molar-refractivity contribution in [1.29, 1.82) is 0 Å². The van der Waals surface area contributed by atoms with Crippen LogP contribution >= 0.6 is 11.3 Å². The van der Waals surface area contributed by atoms with Gasteiger partial charge < -0.3 is 19.3 Å². The average Bonchev–Trinajstić information content (AvgIpc) is 3.27. The lowest BCUT2D eigenvalue weighted by Gasteiger charge is -2.43. The summed E-state index contributed by atoms with van der Waals surface area (Å²) in [7, 11) is 3.23. The first kappa shape index (κ1) is 21.8. The molecule has 1 aliphatic rings. The molecule has 2 heterocycles. The second-order valence-corrected chi connectivity index (χ2v) is 8.75. The number of hydrogen-bond donors (Lipinski definition) is 0. The highest BCUT2D eigenvalue weighted by Gasteiger charge is 2.36. The Morgan fingerprint density at radius 3 is 2.72 bits per heavy atom. The Morgan fingerprint density at radius 2 is 2.07 bits per heavy atom. The predicted molar refractivity (Wildman–Crippen MR) is 119 cm³/mol. The minimum Gasteiger partial charge on any atom is -0.495 e. The first-order chi connectivity index (χ1) is 14.0. The molecular formula is C23H32N2O3S. The summed E-state index contributed by atoms with van der Waals surface area (Å²) >= 11 is 1.82. The monoisotopic (exact) mass is 416 g/mol. The normalized spacial score (nSPS) is 21.0. The molecule has 0 N–H and O–H groups in total. The summed E-state index contributed by atoms with van der Waals surface area (Å²) in [6.45, 7) is 7.09. The molecule has 1 fully saturated rings. The SMILES string of the molecule is COc1ccccc1N(C(=O)C(C)OC)C1CCN(CCc2cccs2)CC1C. The number of carbonyl (C=O) groups is 1. The molecule has 0 saturated carbocycles. The molecule has 0 spiro atoms. The summed E-state index contributed by atoms with van der Waals surface area (Å²) in [5.41, 5.74) is 0.827. The van der Waals surface area contributed by atoms with Gasteiger partial charge in [0.1, 0.15) is 11.9 Å². The molecule has 1 aliphatic heterocycles. The maximum atomic E-state index is 13.3. The van der Waals surface area contributed by atoms with Crippen LogP contribution in [0.25, 0.3) is 0 Å². The second kappa shape index (κ2) is 10.2. The lowest BCUT2D eigenvalue weighted by atomic mass is 9.91. The molecule has 3 unspecified atom stereocenters. The highest BCUT2D eigenvalue weighted by Crippen LogP contribution is 2.34. The van der Waals surface area contributed by atoms with Crippen molar-refractivity contribution in [1.82, 2.24) is 4.90 Å². The van der Waals surface area contributed by atoms with E-state index in [1.807, 2.05) is 47.4 Å². The smallest absolute Gasteiger partial charge is 0.256 e. The van der Waals surface area contributed by atoms with Gasteiger partial charge in [-0.2, -0.15) is 0 Å². The van der Waals surface area contributed by atoms with E-state index in [1.54, 1.807) is 14.2 Å². The molecule has 3 rings (SSSR count). The van der Waals surface area contributed by atoms with Crippen molar-refractivity contribution in [2.24, 2.45) is 5.92 Å². The number of para-hydroxylation sites is 2. The summed E-state index contributed by atoms with van der Waals surface area (Å²) < 4.78 is 10.9. The molecule has 2 aromatic rings. The summed E-state index contributed by atoms with van der Waals surface area (Å²) in [6.07, 6.45) is 1.53. The number of carbonyl (C=O) groups excluding carboxylic acids is 1. The van der Waals surface area contributed by atoms with Crippen LogP contribution in [-0.4, -0.2) is 56.8 Å².